The van der Waals surface area contributed by atoms with Crippen LogP contribution >= 0.6 is 0 Å². The van der Waals surface area contributed by atoms with E-state index in [0.717, 1.165) is 31.2 Å². The minimum Gasteiger partial charge on any atom is -0.353 e. The third-order valence-electron chi connectivity index (χ3n) is 5.11. The van der Waals surface area contributed by atoms with Gasteiger partial charge in [-0.15, -0.1) is 0 Å². The number of hydrogen-bond donors (Lipinski definition) is 1. The van der Waals surface area contributed by atoms with Gasteiger partial charge in [-0.1, -0.05) is 25.0 Å². The minimum absolute atomic E-state index is 0.0191. The number of benzene rings is 1. The van der Waals surface area contributed by atoms with E-state index >= 15 is 0 Å². The van der Waals surface area contributed by atoms with Crippen molar-refractivity contribution in [2.45, 2.75) is 50.6 Å². The van der Waals surface area contributed by atoms with E-state index in [1.807, 2.05) is 0 Å². The highest BCUT2D eigenvalue weighted by atomic mass is 19.1. The molecule has 0 bridgehead atoms. The van der Waals surface area contributed by atoms with Gasteiger partial charge in [-0.05, 0) is 37.0 Å². The fraction of sp³-hybridized carbons (Fsp3) is 0.556. The van der Waals surface area contributed by atoms with Gasteiger partial charge in [0.2, 0.25) is 11.8 Å². The maximum Gasteiger partial charge on any atom is 0.225 e. The first-order valence-electron chi connectivity index (χ1n) is 8.38. The molecule has 4 nitrogen and oxygen atoms in total. The topological polar surface area (TPSA) is 49.4 Å². The Hall–Kier alpha value is -1.91. The standard InChI is InChI=1S/C18H23FN2O2/c1-21-16(22)11-10-15(18(23)20-14-4-2-3-5-14)17(21)12-6-8-13(19)9-7-12/h6-9,14-15,17H,2-5,10-11H2,1H3,(H,20,23)/t15-,17-/m0/s1. The summed E-state index contributed by atoms with van der Waals surface area (Å²) in [5.74, 6) is -0.538. The van der Waals surface area contributed by atoms with E-state index < -0.39 is 0 Å². The first kappa shape index (κ1) is 16.0. The van der Waals surface area contributed by atoms with Crippen molar-refractivity contribution in [2.75, 3.05) is 7.05 Å². The molecule has 23 heavy (non-hydrogen) atoms. The lowest BCUT2D eigenvalue weighted by atomic mass is 9.83. The van der Waals surface area contributed by atoms with Gasteiger partial charge >= 0.3 is 0 Å². The Morgan fingerprint density at radius 3 is 2.48 bits per heavy atom. The van der Waals surface area contributed by atoms with Crippen molar-refractivity contribution < 1.29 is 14.0 Å². The average molecular weight is 318 g/mol. The molecule has 1 saturated heterocycles. The molecule has 1 aromatic rings. The summed E-state index contributed by atoms with van der Waals surface area (Å²) < 4.78 is 13.2. The quantitative estimate of drug-likeness (QED) is 0.931. The lowest BCUT2D eigenvalue weighted by Gasteiger charge is -2.39. The molecule has 2 fully saturated rings. The molecule has 1 heterocycles. The molecular weight excluding hydrogens is 295 g/mol. The van der Waals surface area contributed by atoms with Gasteiger partial charge in [-0.2, -0.15) is 0 Å². The molecule has 1 saturated carbocycles. The fourth-order valence-corrected chi connectivity index (χ4v) is 3.81. The van der Waals surface area contributed by atoms with Crippen molar-refractivity contribution in [2.24, 2.45) is 5.92 Å². The van der Waals surface area contributed by atoms with Crippen LogP contribution in [-0.2, 0) is 9.59 Å². The summed E-state index contributed by atoms with van der Waals surface area (Å²) in [4.78, 5) is 26.4. The molecule has 1 aliphatic carbocycles. The molecule has 1 aromatic carbocycles. The van der Waals surface area contributed by atoms with Crippen molar-refractivity contribution >= 4 is 11.8 Å². The molecule has 3 rings (SSSR count). The number of nitrogens with zero attached hydrogens (tertiary/aromatic N) is 1. The van der Waals surface area contributed by atoms with E-state index in [2.05, 4.69) is 5.32 Å². The highest BCUT2D eigenvalue weighted by Gasteiger charge is 2.39. The maximum absolute atomic E-state index is 13.2. The van der Waals surface area contributed by atoms with Crippen molar-refractivity contribution in [3.05, 3.63) is 35.6 Å². The molecule has 2 amide bonds. The number of hydrogen-bond acceptors (Lipinski definition) is 2. The molecule has 0 spiro atoms. The van der Waals surface area contributed by atoms with Gasteiger partial charge in [0, 0.05) is 19.5 Å². The molecule has 2 aliphatic rings. The van der Waals surface area contributed by atoms with E-state index in [9.17, 15) is 14.0 Å². The first-order valence-corrected chi connectivity index (χ1v) is 8.38. The Labute approximate surface area is 136 Å². The number of rotatable bonds is 3. The van der Waals surface area contributed by atoms with Crippen LogP contribution in [0, 0.1) is 11.7 Å². The van der Waals surface area contributed by atoms with Gasteiger partial charge in [0.1, 0.15) is 5.82 Å². The summed E-state index contributed by atoms with van der Waals surface area (Å²) in [7, 11) is 1.73. The summed E-state index contributed by atoms with van der Waals surface area (Å²) in [5.41, 5.74) is 0.813. The van der Waals surface area contributed by atoms with E-state index in [1.54, 1.807) is 24.1 Å². The lowest BCUT2D eigenvalue weighted by Crippen LogP contribution is -2.48. The molecule has 1 aliphatic heterocycles. The molecule has 124 valence electrons. The zero-order valence-electron chi connectivity index (χ0n) is 13.4. The first-order chi connectivity index (χ1) is 11.1. The molecular formula is C18H23FN2O2. The van der Waals surface area contributed by atoms with Gasteiger partial charge in [-0.3, -0.25) is 9.59 Å². The van der Waals surface area contributed by atoms with E-state index in [1.165, 1.54) is 12.1 Å². The van der Waals surface area contributed by atoms with Crippen molar-refractivity contribution in [1.29, 1.82) is 0 Å². The van der Waals surface area contributed by atoms with Crippen LogP contribution in [0.5, 0.6) is 0 Å². The molecule has 0 radical (unpaired) electrons. The highest BCUT2D eigenvalue weighted by molar-refractivity contribution is 5.85. The number of halogens is 1. The van der Waals surface area contributed by atoms with Crippen LogP contribution in [0.4, 0.5) is 4.39 Å². The van der Waals surface area contributed by atoms with E-state index in [4.69, 9.17) is 0 Å². The van der Waals surface area contributed by atoms with Crippen molar-refractivity contribution in [3.8, 4) is 0 Å². The number of carbonyl (C=O) groups is 2. The zero-order valence-corrected chi connectivity index (χ0v) is 13.4. The van der Waals surface area contributed by atoms with Crippen LogP contribution in [0.3, 0.4) is 0 Å². The van der Waals surface area contributed by atoms with Gasteiger partial charge in [-0.25, -0.2) is 4.39 Å². The smallest absolute Gasteiger partial charge is 0.225 e. The van der Waals surface area contributed by atoms with Crippen LogP contribution in [0.1, 0.15) is 50.1 Å². The van der Waals surface area contributed by atoms with Crippen molar-refractivity contribution in [3.63, 3.8) is 0 Å². The van der Waals surface area contributed by atoms with Crippen LogP contribution < -0.4 is 5.32 Å². The van der Waals surface area contributed by atoms with Gasteiger partial charge in [0.25, 0.3) is 0 Å². The van der Waals surface area contributed by atoms with Gasteiger partial charge in [0.15, 0.2) is 0 Å². The van der Waals surface area contributed by atoms with Crippen LogP contribution in [0.15, 0.2) is 24.3 Å². The Morgan fingerprint density at radius 2 is 1.83 bits per heavy atom. The Morgan fingerprint density at radius 1 is 1.17 bits per heavy atom. The summed E-state index contributed by atoms with van der Waals surface area (Å²) in [5, 5.41) is 3.14. The fourth-order valence-electron chi connectivity index (χ4n) is 3.81. The van der Waals surface area contributed by atoms with E-state index in [0.29, 0.717) is 12.8 Å². The third-order valence-corrected chi connectivity index (χ3v) is 5.11. The van der Waals surface area contributed by atoms with Crippen molar-refractivity contribution in [1.82, 2.24) is 10.2 Å². The molecule has 1 N–H and O–H groups in total. The summed E-state index contributed by atoms with van der Waals surface area (Å²) >= 11 is 0. The second-order valence-corrected chi connectivity index (χ2v) is 6.64. The zero-order chi connectivity index (χ0) is 16.4. The summed E-state index contributed by atoms with van der Waals surface area (Å²) in [6, 6.07) is 6.05. The Balaban J connectivity index is 1.81. The van der Waals surface area contributed by atoms with Gasteiger partial charge < -0.3 is 10.2 Å². The Kier molecular flexibility index (Phi) is 4.64. The normalized spacial score (nSPS) is 25.7. The van der Waals surface area contributed by atoms with Crippen LogP contribution in [0.2, 0.25) is 0 Å². The predicted octanol–water partition coefficient (Wildman–Crippen LogP) is 2.79. The van der Waals surface area contributed by atoms with E-state index in [-0.39, 0.29) is 35.6 Å². The number of carbonyl (C=O) groups excluding carboxylic acids is 2. The minimum atomic E-state index is -0.321. The maximum atomic E-state index is 13.2. The highest BCUT2D eigenvalue weighted by Crippen LogP contribution is 2.36. The third kappa shape index (κ3) is 3.38. The molecule has 2 atom stereocenters. The predicted molar refractivity (Wildman–Crippen MR) is 85.0 cm³/mol. The molecule has 0 unspecified atom stereocenters. The molecule has 0 aromatic heterocycles. The number of nitrogens with one attached hydrogen (secondary N) is 1. The second-order valence-electron chi connectivity index (χ2n) is 6.64. The summed E-state index contributed by atoms with van der Waals surface area (Å²) in [6.07, 6.45) is 5.33. The monoisotopic (exact) mass is 318 g/mol. The second kappa shape index (κ2) is 6.69. The Bertz CT molecular complexity index is 581. The average Bonchev–Trinajstić information content (AvgIpc) is 3.04. The summed E-state index contributed by atoms with van der Waals surface area (Å²) in [6.45, 7) is 0. The SMILES string of the molecule is CN1C(=O)CC[C@H](C(=O)NC2CCCC2)[C@@H]1c1ccc(F)cc1. The number of piperidine rings is 1. The largest absolute Gasteiger partial charge is 0.353 e. The molecule has 5 heteroatoms. The lowest BCUT2D eigenvalue weighted by molar-refractivity contribution is -0.141. The van der Waals surface area contributed by atoms with Gasteiger partial charge in [0.05, 0.1) is 12.0 Å². The van der Waals surface area contributed by atoms with Crippen LogP contribution in [-0.4, -0.2) is 29.8 Å². The van der Waals surface area contributed by atoms with Crippen LogP contribution in [0.25, 0.3) is 0 Å². The number of amides is 2. The number of likely N-dealkylation sites (tertiary alicyclic amines) is 1.